The van der Waals surface area contributed by atoms with Gasteiger partial charge in [0, 0.05) is 24.1 Å². The molecule has 3 nitrogen and oxygen atoms in total. The molecule has 0 saturated carbocycles. The minimum absolute atomic E-state index is 0.118. The molecule has 3 heteroatoms. The number of aromatic hydroxyl groups is 1. The van der Waals surface area contributed by atoms with Gasteiger partial charge in [0.15, 0.2) is 0 Å². The summed E-state index contributed by atoms with van der Waals surface area (Å²) in [5, 5.41) is 10.6. The highest BCUT2D eigenvalue weighted by Gasteiger charge is 1.99. The highest BCUT2D eigenvalue weighted by Crippen LogP contribution is 2.22. The van der Waals surface area contributed by atoms with Crippen molar-refractivity contribution >= 4 is 28.7 Å². The quantitative estimate of drug-likeness (QED) is 0.422. The van der Waals surface area contributed by atoms with Crippen LogP contribution in [0.5, 0.6) is 5.75 Å². The number of rotatable bonds is 2. The van der Waals surface area contributed by atoms with Gasteiger partial charge in [-0.05, 0) is 41.5 Å². The average molecular weight is 264 g/mol. The minimum Gasteiger partial charge on any atom is -0.506 e. The predicted octanol–water partition coefficient (Wildman–Crippen LogP) is 3.64. The number of nitrogen functional groups attached to an aromatic ring is 1. The normalized spacial score (nSPS) is 11.4. The van der Waals surface area contributed by atoms with Crippen LogP contribution in [0.25, 0.3) is 23.1 Å². The number of anilines is 1. The summed E-state index contributed by atoms with van der Waals surface area (Å²) >= 11 is 0. The van der Waals surface area contributed by atoms with Gasteiger partial charge in [-0.2, -0.15) is 0 Å². The van der Waals surface area contributed by atoms with E-state index < -0.39 is 0 Å². The van der Waals surface area contributed by atoms with Crippen molar-refractivity contribution in [1.29, 1.82) is 0 Å². The summed E-state index contributed by atoms with van der Waals surface area (Å²) in [5.74, 6) is 0.118. The highest BCUT2D eigenvalue weighted by atomic mass is 16.3. The lowest BCUT2D eigenvalue weighted by Gasteiger charge is -2.00. The van der Waals surface area contributed by atoms with E-state index in [1.807, 2.05) is 25.3 Å². The summed E-state index contributed by atoms with van der Waals surface area (Å²) in [4.78, 5) is 0. The van der Waals surface area contributed by atoms with E-state index in [0.717, 1.165) is 11.1 Å². The van der Waals surface area contributed by atoms with Crippen molar-refractivity contribution in [1.82, 2.24) is 4.57 Å². The summed E-state index contributed by atoms with van der Waals surface area (Å²) in [5.41, 5.74) is 9.39. The molecule has 0 atom stereocenters. The van der Waals surface area contributed by atoms with Gasteiger partial charge in [0.05, 0.1) is 5.69 Å². The maximum Gasteiger partial charge on any atom is 0.138 e. The van der Waals surface area contributed by atoms with Crippen LogP contribution in [0, 0.1) is 0 Å². The molecule has 0 aliphatic carbocycles. The van der Waals surface area contributed by atoms with Crippen LogP contribution in [0.1, 0.15) is 11.1 Å². The third-order valence-corrected chi connectivity index (χ3v) is 3.43. The molecule has 0 aliphatic heterocycles. The second-order valence-corrected chi connectivity index (χ2v) is 4.90. The fourth-order valence-electron chi connectivity index (χ4n) is 2.27. The Kier molecular flexibility index (Phi) is 2.95. The van der Waals surface area contributed by atoms with Crippen molar-refractivity contribution in [3.63, 3.8) is 0 Å². The van der Waals surface area contributed by atoms with Gasteiger partial charge in [0.25, 0.3) is 0 Å². The number of aryl methyl sites for hydroxylation is 1. The van der Waals surface area contributed by atoms with Crippen molar-refractivity contribution < 1.29 is 5.11 Å². The van der Waals surface area contributed by atoms with E-state index in [1.165, 1.54) is 10.9 Å². The molecule has 3 rings (SSSR count). The first-order valence-electron chi connectivity index (χ1n) is 6.45. The Bertz CT molecular complexity index is 800. The maximum atomic E-state index is 9.40. The molecular formula is C17H16N2O. The van der Waals surface area contributed by atoms with Gasteiger partial charge >= 0.3 is 0 Å². The molecule has 0 bridgehead atoms. The van der Waals surface area contributed by atoms with Crippen LogP contribution in [-0.2, 0) is 7.05 Å². The molecule has 100 valence electrons. The fourth-order valence-corrected chi connectivity index (χ4v) is 2.27. The van der Waals surface area contributed by atoms with Crippen LogP contribution in [0.2, 0.25) is 0 Å². The summed E-state index contributed by atoms with van der Waals surface area (Å²) in [6.45, 7) is 0. The van der Waals surface area contributed by atoms with Gasteiger partial charge in [-0.1, -0.05) is 24.3 Å². The number of hydrogen-bond donors (Lipinski definition) is 2. The predicted molar refractivity (Wildman–Crippen MR) is 84.4 cm³/mol. The number of hydrogen-bond acceptors (Lipinski definition) is 2. The molecular weight excluding hydrogens is 248 g/mol. The fraction of sp³-hybridized carbons (Fsp3) is 0.0588. The maximum absolute atomic E-state index is 9.40. The molecule has 1 aromatic heterocycles. The van der Waals surface area contributed by atoms with E-state index in [0.29, 0.717) is 5.69 Å². The number of fused-ring (bicyclic) bond motifs is 1. The largest absolute Gasteiger partial charge is 0.506 e. The third kappa shape index (κ3) is 2.26. The first kappa shape index (κ1) is 12.4. The van der Waals surface area contributed by atoms with E-state index in [-0.39, 0.29) is 5.75 Å². The van der Waals surface area contributed by atoms with Crippen molar-refractivity contribution in [3.05, 3.63) is 59.8 Å². The molecule has 1 heterocycles. The number of phenolic OH excluding ortho intramolecular Hbond substituents is 1. The zero-order chi connectivity index (χ0) is 14.1. The smallest absolute Gasteiger partial charge is 0.138 e. The molecule has 0 saturated heterocycles. The summed E-state index contributed by atoms with van der Waals surface area (Å²) in [7, 11) is 2.04. The number of aromatic nitrogens is 1. The van der Waals surface area contributed by atoms with E-state index >= 15 is 0 Å². The van der Waals surface area contributed by atoms with Gasteiger partial charge in [-0.3, -0.25) is 0 Å². The average Bonchev–Trinajstić information content (AvgIpc) is 2.81. The number of nitrogens with two attached hydrogens (primary N) is 1. The molecule has 2 aromatic carbocycles. The number of phenols is 1. The Balaban J connectivity index is 1.91. The Morgan fingerprint density at radius 3 is 2.45 bits per heavy atom. The molecule has 3 aromatic rings. The second-order valence-electron chi connectivity index (χ2n) is 4.90. The first-order valence-corrected chi connectivity index (χ1v) is 6.45. The Morgan fingerprint density at radius 2 is 1.70 bits per heavy atom. The number of benzene rings is 2. The van der Waals surface area contributed by atoms with Crippen molar-refractivity contribution in [3.8, 4) is 5.75 Å². The van der Waals surface area contributed by atoms with Crippen LogP contribution < -0.4 is 5.73 Å². The van der Waals surface area contributed by atoms with E-state index in [9.17, 15) is 5.11 Å². The third-order valence-electron chi connectivity index (χ3n) is 3.43. The minimum atomic E-state index is 0.118. The molecule has 20 heavy (non-hydrogen) atoms. The molecule has 0 unspecified atom stereocenters. The van der Waals surface area contributed by atoms with Crippen LogP contribution in [0.15, 0.2) is 48.7 Å². The zero-order valence-corrected chi connectivity index (χ0v) is 11.2. The SMILES string of the molecule is Cn1ccc2cc(/C=C\c3ccc(O)c(N)c3)ccc21. The highest BCUT2D eigenvalue weighted by molar-refractivity contribution is 5.84. The van der Waals surface area contributed by atoms with Crippen LogP contribution >= 0.6 is 0 Å². The lowest BCUT2D eigenvalue weighted by Crippen LogP contribution is -1.85. The molecule has 0 fully saturated rings. The molecule has 0 radical (unpaired) electrons. The number of nitrogens with zero attached hydrogens (tertiary/aromatic N) is 1. The van der Waals surface area contributed by atoms with Gasteiger partial charge in [0.1, 0.15) is 5.75 Å². The van der Waals surface area contributed by atoms with Gasteiger partial charge in [-0.25, -0.2) is 0 Å². The Hall–Kier alpha value is -2.68. The summed E-state index contributed by atoms with van der Waals surface area (Å²) in [6.07, 6.45) is 6.08. The summed E-state index contributed by atoms with van der Waals surface area (Å²) in [6, 6.07) is 13.6. The lowest BCUT2D eigenvalue weighted by molar-refractivity contribution is 0.478. The summed E-state index contributed by atoms with van der Waals surface area (Å²) < 4.78 is 2.10. The molecule has 0 spiro atoms. The van der Waals surface area contributed by atoms with E-state index in [4.69, 9.17) is 5.73 Å². The van der Waals surface area contributed by atoms with Gasteiger partial charge in [0.2, 0.25) is 0 Å². The monoisotopic (exact) mass is 264 g/mol. The van der Waals surface area contributed by atoms with E-state index in [1.54, 1.807) is 12.1 Å². The molecule has 0 amide bonds. The first-order chi connectivity index (χ1) is 9.63. The van der Waals surface area contributed by atoms with Crippen molar-refractivity contribution in [2.45, 2.75) is 0 Å². The Labute approximate surface area is 117 Å². The molecule has 3 N–H and O–H groups in total. The van der Waals surface area contributed by atoms with Gasteiger partial charge < -0.3 is 15.4 Å². The topological polar surface area (TPSA) is 51.2 Å². The van der Waals surface area contributed by atoms with Crippen LogP contribution in [0.4, 0.5) is 5.69 Å². The lowest BCUT2D eigenvalue weighted by atomic mass is 10.1. The standard InChI is InChI=1S/C17H16N2O/c1-19-9-8-14-10-12(4-6-16(14)19)2-3-13-5-7-17(20)15(18)11-13/h2-11,20H,18H2,1H3/b3-2-. The van der Waals surface area contributed by atoms with Crippen LogP contribution in [-0.4, -0.2) is 9.67 Å². The van der Waals surface area contributed by atoms with Crippen molar-refractivity contribution in [2.75, 3.05) is 5.73 Å². The van der Waals surface area contributed by atoms with E-state index in [2.05, 4.69) is 35.0 Å². The zero-order valence-electron chi connectivity index (χ0n) is 11.2. The van der Waals surface area contributed by atoms with Crippen LogP contribution in [0.3, 0.4) is 0 Å². The Morgan fingerprint density at radius 1 is 1.00 bits per heavy atom. The molecule has 0 aliphatic rings. The van der Waals surface area contributed by atoms with Gasteiger partial charge in [-0.15, -0.1) is 0 Å². The van der Waals surface area contributed by atoms with Crippen molar-refractivity contribution in [2.24, 2.45) is 7.05 Å². The second kappa shape index (κ2) is 4.78.